The van der Waals surface area contributed by atoms with Gasteiger partial charge in [-0.2, -0.15) is 13.2 Å². The van der Waals surface area contributed by atoms with Crippen molar-refractivity contribution >= 4 is 5.91 Å². The average molecular weight is 369 g/mol. The molecule has 1 aliphatic carbocycles. The molecule has 1 heterocycles. The van der Waals surface area contributed by atoms with Gasteiger partial charge in [0.1, 0.15) is 0 Å². The van der Waals surface area contributed by atoms with Crippen molar-refractivity contribution in [3.05, 3.63) is 35.4 Å². The highest BCUT2D eigenvalue weighted by Crippen LogP contribution is 2.48. The minimum Gasteiger partial charge on any atom is -0.370 e. The number of benzene rings is 1. The lowest BCUT2D eigenvalue weighted by Crippen LogP contribution is -2.60. The molecular weight excluding hydrogens is 343 g/mol. The number of carbonyl (C=O) groups excluding carboxylic acids is 1. The number of amides is 1. The summed E-state index contributed by atoms with van der Waals surface area (Å²) in [5.74, 6) is 0.690. The minimum absolute atomic E-state index is 0.0108. The molecule has 6 heteroatoms. The van der Waals surface area contributed by atoms with E-state index in [1.54, 1.807) is 0 Å². The smallest absolute Gasteiger partial charge is 0.370 e. The molecule has 1 N–H and O–H groups in total. The van der Waals surface area contributed by atoms with Gasteiger partial charge in [0.2, 0.25) is 5.91 Å². The van der Waals surface area contributed by atoms with Crippen LogP contribution in [0.1, 0.15) is 63.7 Å². The maximum Gasteiger partial charge on any atom is 0.416 e. The summed E-state index contributed by atoms with van der Waals surface area (Å²) in [6.07, 6.45) is -1.09. The predicted octanol–water partition coefficient (Wildman–Crippen LogP) is 4.87. The highest BCUT2D eigenvalue weighted by atomic mass is 19.4. The summed E-state index contributed by atoms with van der Waals surface area (Å²) < 4.78 is 44.8. The molecule has 0 radical (unpaired) electrons. The first-order chi connectivity index (χ1) is 12.1. The van der Waals surface area contributed by atoms with Crippen LogP contribution in [0.2, 0.25) is 0 Å². The van der Waals surface area contributed by atoms with Gasteiger partial charge in [0, 0.05) is 24.8 Å². The number of hydrogen-bond donors (Lipinski definition) is 1. The first-order valence-corrected chi connectivity index (χ1v) is 9.20. The maximum atomic E-state index is 12.8. The highest BCUT2D eigenvalue weighted by molar-refractivity contribution is 5.73. The fourth-order valence-electron chi connectivity index (χ4n) is 4.63. The van der Waals surface area contributed by atoms with Crippen LogP contribution in [0.3, 0.4) is 0 Å². The Bertz CT molecular complexity index is 658. The first kappa shape index (κ1) is 19.2. The lowest BCUT2D eigenvalue weighted by molar-refractivity contribution is -0.153. The predicted molar refractivity (Wildman–Crippen MR) is 92.4 cm³/mol. The molecule has 2 fully saturated rings. The van der Waals surface area contributed by atoms with Crippen LogP contribution in [0.5, 0.6) is 0 Å². The van der Waals surface area contributed by atoms with Crippen molar-refractivity contribution in [2.45, 2.75) is 70.4 Å². The van der Waals surface area contributed by atoms with Gasteiger partial charge in [0.25, 0.3) is 0 Å². The Morgan fingerprint density at radius 2 is 1.88 bits per heavy atom. The molecule has 1 saturated heterocycles. The Kier molecular flexibility index (Phi) is 5.08. The van der Waals surface area contributed by atoms with Crippen molar-refractivity contribution in [2.24, 2.45) is 11.8 Å². The second-order valence-corrected chi connectivity index (χ2v) is 8.11. The largest absolute Gasteiger partial charge is 0.416 e. The second kappa shape index (κ2) is 6.87. The summed E-state index contributed by atoms with van der Waals surface area (Å²) in [4.78, 5) is 11.8. The molecule has 144 valence electrons. The number of nitrogens with one attached hydrogen (secondary N) is 1. The van der Waals surface area contributed by atoms with Crippen molar-refractivity contribution < 1.29 is 22.7 Å². The van der Waals surface area contributed by atoms with Gasteiger partial charge >= 0.3 is 6.18 Å². The normalized spacial score (nSPS) is 34.8. The molecule has 0 unspecified atom stereocenters. The molecule has 1 aromatic carbocycles. The standard InChI is InChI=1S/C20H26F3NO2/c1-12-4-9-16-17(10-12)26-18(11-19(16,3)24-13(2)25)14-5-7-15(8-6-14)20(21,22)23/h5-8,12,16-18H,4,9-11H2,1-3H3,(H,24,25)/t12-,16-,17-,18-,19+/m1/s1. The van der Waals surface area contributed by atoms with Crippen LogP contribution in [0, 0.1) is 11.8 Å². The van der Waals surface area contributed by atoms with Crippen LogP contribution >= 0.6 is 0 Å². The van der Waals surface area contributed by atoms with E-state index in [0.717, 1.165) is 37.0 Å². The molecule has 1 amide bonds. The van der Waals surface area contributed by atoms with Gasteiger partial charge in [-0.1, -0.05) is 25.5 Å². The Morgan fingerprint density at radius 1 is 1.23 bits per heavy atom. The monoisotopic (exact) mass is 369 g/mol. The van der Waals surface area contributed by atoms with Crippen molar-refractivity contribution in [1.82, 2.24) is 5.32 Å². The van der Waals surface area contributed by atoms with Crippen LogP contribution in [-0.2, 0) is 15.7 Å². The fourth-order valence-corrected chi connectivity index (χ4v) is 4.63. The fraction of sp³-hybridized carbons (Fsp3) is 0.650. The van der Waals surface area contributed by atoms with Crippen LogP contribution in [0.15, 0.2) is 24.3 Å². The summed E-state index contributed by atoms with van der Waals surface area (Å²) in [6.45, 7) is 5.74. The van der Waals surface area contributed by atoms with E-state index < -0.39 is 17.3 Å². The topological polar surface area (TPSA) is 38.3 Å². The highest BCUT2D eigenvalue weighted by Gasteiger charge is 2.49. The lowest BCUT2D eigenvalue weighted by Gasteiger charge is -2.52. The van der Waals surface area contributed by atoms with E-state index in [1.807, 2.05) is 6.92 Å². The summed E-state index contributed by atoms with van der Waals surface area (Å²) in [5, 5.41) is 3.11. The van der Waals surface area contributed by atoms with Crippen LogP contribution < -0.4 is 5.32 Å². The van der Waals surface area contributed by atoms with Gasteiger partial charge in [-0.05, 0) is 43.4 Å². The SMILES string of the molecule is CC(=O)N[C@@]1(C)C[C@H](c2ccc(C(F)(F)F)cc2)O[C@@H]2C[C@H](C)CC[C@H]21. The Hall–Kier alpha value is -1.56. The summed E-state index contributed by atoms with van der Waals surface area (Å²) >= 11 is 0. The molecule has 1 aromatic rings. The van der Waals surface area contributed by atoms with Crippen molar-refractivity contribution in [2.75, 3.05) is 0 Å². The number of carbonyl (C=O) groups is 1. The van der Waals surface area contributed by atoms with Crippen molar-refractivity contribution in [1.29, 1.82) is 0 Å². The summed E-state index contributed by atoms with van der Waals surface area (Å²) in [5.41, 5.74) is -0.348. The van der Waals surface area contributed by atoms with Gasteiger partial charge in [-0.25, -0.2) is 0 Å². The Balaban J connectivity index is 1.87. The quantitative estimate of drug-likeness (QED) is 0.808. The van der Waals surface area contributed by atoms with E-state index in [9.17, 15) is 18.0 Å². The van der Waals surface area contributed by atoms with Gasteiger partial charge in [0.05, 0.1) is 17.8 Å². The molecule has 0 aromatic heterocycles. The van der Waals surface area contributed by atoms with Gasteiger partial charge < -0.3 is 10.1 Å². The van der Waals surface area contributed by atoms with Gasteiger partial charge in [-0.15, -0.1) is 0 Å². The van der Waals surface area contributed by atoms with Crippen molar-refractivity contribution in [3.63, 3.8) is 0 Å². The first-order valence-electron chi connectivity index (χ1n) is 9.20. The second-order valence-electron chi connectivity index (χ2n) is 8.11. The van der Waals surface area contributed by atoms with Gasteiger partial charge in [0.15, 0.2) is 0 Å². The van der Waals surface area contributed by atoms with Crippen LogP contribution in [0.25, 0.3) is 0 Å². The van der Waals surface area contributed by atoms with E-state index in [4.69, 9.17) is 4.74 Å². The Morgan fingerprint density at radius 3 is 2.46 bits per heavy atom. The minimum atomic E-state index is -4.35. The number of halogens is 3. The number of alkyl halides is 3. The lowest BCUT2D eigenvalue weighted by atomic mass is 9.66. The Labute approximate surface area is 152 Å². The molecule has 5 atom stereocenters. The van der Waals surface area contributed by atoms with E-state index in [2.05, 4.69) is 12.2 Å². The molecule has 0 bridgehead atoms. The zero-order valence-electron chi connectivity index (χ0n) is 15.4. The number of rotatable bonds is 2. The number of ether oxygens (including phenoxy) is 1. The number of hydrogen-bond acceptors (Lipinski definition) is 2. The van der Waals surface area contributed by atoms with Crippen LogP contribution in [0.4, 0.5) is 13.2 Å². The van der Waals surface area contributed by atoms with E-state index >= 15 is 0 Å². The third-order valence-electron chi connectivity index (χ3n) is 5.89. The average Bonchev–Trinajstić information content (AvgIpc) is 2.52. The van der Waals surface area contributed by atoms with Crippen molar-refractivity contribution in [3.8, 4) is 0 Å². The molecule has 3 nitrogen and oxygen atoms in total. The molecule has 26 heavy (non-hydrogen) atoms. The maximum absolute atomic E-state index is 12.8. The molecular formula is C20H26F3NO2. The van der Waals surface area contributed by atoms with Crippen LogP contribution in [-0.4, -0.2) is 17.6 Å². The van der Waals surface area contributed by atoms with E-state index in [0.29, 0.717) is 12.3 Å². The van der Waals surface area contributed by atoms with Gasteiger partial charge in [-0.3, -0.25) is 4.79 Å². The molecule has 3 rings (SSSR count). The molecule has 2 aliphatic rings. The summed E-state index contributed by atoms with van der Waals surface area (Å²) in [6, 6.07) is 5.19. The molecule has 1 saturated carbocycles. The molecule has 0 spiro atoms. The zero-order valence-corrected chi connectivity index (χ0v) is 15.4. The summed E-state index contributed by atoms with van der Waals surface area (Å²) in [7, 11) is 0. The van der Waals surface area contributed by atoms with E-state index in [-0.39, 0.29) is 24.0 Å². The van der Waals surface area contributed by atoms with E-state index in [1.165, 1.54) is 19.1 Å². The third-order valence-corrected chi connectivity index (χ3v) is 5.89. The zero-order chi connectivity index (χ0) is 19.1. The number of fused-ring (bicyclic) bond motifs is 1. The third kappa shape index (κ3) is 3.90. The molecule has 1 aliphatic heterocycles.